The molecule has 0 aromatic heterocycles. The van der Waals surface area contributed by atoms with Gasteiger partial charge in [0.15, 0.2) is 0 Å². The number of hydrogen-bond donors (Lipinski definition) is 1. The van der Waals surface area contributed by atoms with Crippen molar-refractivity contribution >= 4 is 17.9 Å². The summed E-state index contributed by atoms with van der Waals surface area (Å²) in [5, 5.41) is 2.73. The van der Waals surface area contributed by atoms with Crippen molar-refractivity contribution in [2.75, 3.05) is 18.1 Å². The Morgan fingerprint density at radius 1 is 1.33 bits per heavy atom. The van der Waals surface area contributed by atoms with Gasteiger partial charge in [-0.05, 0) is 32.9 Å². The van der Waals surface area contributed by atoms with Crippen molar-refractivity contribution in [1.82, 2.24) is 5.32 Å². The number of alkyl carbamates (subject to hydrolysis) is 1. The van der Waals surface area contributed by atoms with Crippen LogP contribution in [0.15, 0.2) is 0 Å². The number of nitrogens with one attached hydrogen (secondary N) is 1. The first-order valence-electron chi connectivity index (χ1n) is 5.50. The number of carbonyl (C=O) groups is 1. The second-order valence-electron chi connectivity index (χ2n) is 4.39. The largest absolute Gasteiger partial charge is 0.444 e. The molecule has 15 heavy (non-hydrogen) atoms. The molecule has 0 radical (unpaired) electrons. The quantitative estimate of drug-likeness (QED) is 0.717. The van der Waals surface area contributed by atoms with Crippen LogP contribution >= 0.6 is 11.8 Å². The van der Waals surface area contributed by atoms with Gasteiger partial charge in [0, 0.05) is 12.3 Å². The SMILES string of the molecule is CCCCSCCNC(=O)OC(C)(C)C. The van der Waals surface area contributed by atoms with Gasteiger partial charge in [-0.1, -0.05) is 13.3 Å². The van der Waals surface area contributed by atoms with Gasteiger partial charge in [0.05, 0.1) is 0 Å². The molecule has 0 aliphatic heterocycles. The molecule has 0 saturated carbocycles. The van der Waals surface area contributed by atoms with Crippen molar-refractivity contribution in [3.8, 4) is 0 Å². The lowest BCUT2D eigenvalue weighted by Gasteiger charge is -2.19. The molecule has 0 aliphatic carbocycles. The van der Waals surface area contributed by atoms with Gasteiger partial charge in [0.1, 0.15) is 5.60 Å². The van der Waals surface area contributed by atoms with E-state index in [2.05, 4.69) is 12.2 Å². The number of rotatable bonds is 6. The van der Waals surface area contributed by atoms with Crippen molar-refractivity contribution in [2.45, 2.75) is 46.1 Å². The normalized spacial score (nSPS) is 11.2. The van der Waals surface area contributed by atoms with Crippen LogP contribution in [-0.4, -0.2) is 29.7 Å². The van der Waals surface area contributed by atoms with Crippen LogP contribution in [0.25, 0.3) is 0 Å². The van der Waals surface area contributed by atoms with Gasteiger partial charge in [0.25, 0.3) is 0 Å². The number of unbranched alkanes of at least 4 members (excludes halogenated alkanes) is 1. The first-order valence-corrected chi connectivity index (χ1v) is 6.66. The lowest BCUT2D eigenvalue weighted by atomic mass is 10.2. The molecule has 4 heteroatoms. The van der Waals surface area contributed by atoms with E-state index in [0.717, 1.165) is 5.75 Å². The van der Waals surface area contributed by atoms with E-state index in [-0.39, 0.29) is 6.09 Å². The van der Waals surface area contributed by atoms with Gasteiger partial charge in [-0.25, -0.2) is 4.79 Å². The van der Waals surface area contributed by atoms with E-state index < -0.39 is 5.60 Å². The van der Waals surface area contributed by atoms with Crippen LogP contribution in [0.1, 0.15) is 40.5 Å². The summed E-state index contributed by atoms with van der Waals surface area (Å²) in [6.45, 7) is 8.45. The van der Waals surface area contributed by atoms with Gasteiger partial charge in [-0.3, -0.25) is 0 Å². The summed E-state index contributed by atoms with van der Waals surface area (Å²) in [7, 11) is 0. The predicted octanol–water partition coefficient (Wildman–Crippen LogP) is 3.04. The number of amides is 1. The maximum Gasteiger partial charge on any atom is 0.407 e. The molecular weight excluding hydrogens is 210 g/mol. The van der Waals surface area contributed by atoms with E-state index in [0.29, 0.717) is 6.54 Å². The summed E-state index contributed by atoms with van der Waals surface area (Å²) in [6, 6.07) is 0. The van der Waals surface area contributed by atoms with Crippen molar-refractivity contribution in [2.24, 2.45) is 0 Å². The molecule has 0 aromatic rings. The second kappa shape index (κ2) is 7.85. The fraction of sp³-hybridized carbons (Fsp3) is 0.909. The van der Waals surface area contributed by atoms with Crippen LogP contribution < -0.4 is 5.32 Å². The zero-order chi connectivity index (χ0) is 11.7. The Morgan fingerprint density at radius 3 is 2.53 bits per heavy atom. The molecule has 0 aromatic carbocycles. The molecule has 0 rings (SSSR count). The van der Waals surface area contributed by atoms with Gasteiger partial charge in [-0.2, -0.15) is 11.8 Å². The Bertz CT molecular complexity index is 178. The Morgan fingerprint density at radius 2 is 2.00 bits per heavy atom. The van der Waals surface area contributed by atoms with Gasteiger partial charge < -0.3 is 10.1 Å². The first-order chi connectivity index (χ1) is 6.95. The molecule has 0 bridgehead atoms. The third-order valence-electron chi connectivity index (χ3n) is 1.56. The molecule has 0 spiro atoms. The lowest BCUT2D eigenvalue weighted by Crippen LogP contribution is -2.33. The van der Waals surface area contributed by atoms with Crippen molar-refractivity contribution in [3.63, 3.8) is 0 Å². The second-order valence-corrected chi connectivity index (χ2v) is 5.62. The number of carbonyl (C=O) groups excluding carboxylic acids is 1. The van der Waals surface area contributed by atoms with Crippen molar-refractivity contribution in [1.29, 1.82) is 0 Å². The fourth-order valence-electron chi connectivity index (χ4n) is 0.888. The molecule has 0 heterocycles. The Balaban J connectivity index is 3.32. The highest BCUT2D eigenvalue weighted by atomic mass is 32.2. The third kappa shape index (κ3) is 11.5. The Labute approximate surface area is 97.3 Å². The van der Waals surface area contributed by atoms with Gasteiger partial charge >= 0.3 is 6.09 Å². The summed E-state index contributed by atoms with van der Waals surface area (Å²) >= 11 is 1.87. The average Bonchev–Trinajstić information content (AvgIpc) is 2.08. The fourth-order valence-corrected chi connectivity index (χ4v) is 1.83. The third-order valence-corrected chi connectivity index (χ3v) is 2.63. The summed E-state index contributed by atoms with van der Waals surface area (Å²) in [6.07, 6.45) is 2.16. The van der Waals surface area contributed by atoms with Crippen LogP contribution in [0.4, 0.5) is 4.79 Å². The van der Waals surface area contributed by atoms with E-state index in [1.165, 1.54) is 18.6 Å². The topological polar surface area (TPSA) is 38.3 Å². The summed E-state index contributed by atoms with van der Waals surface area (Å²) in [4.78, 5) is 11.2. The average molecular weight is 233 g/mol. The number of ether oxygens (including phenoxy) is 1. The van der Waals surface area contributed by atoms with Crippen LogP contribution in [0, 0.1) is 0 Å². The minimum atomic E-state index is -0.403. The minimum absolute atomic E-state index is 0.321. The van der Waals surface area contributed by atoms with Crippen LogP contribution in [0.5, 0.6) is 0 Å². The number of thioether (sulfide) groups is 1. The molecule has 0 saturated heterocycles. The lowest BCUT2D eigenvalue weighted by molar-refractivity contribution is 0.0531. The highest BCUT2D eigenvalue weighted by molar-refractivity contribution is 7.99. The molecule has 90 valence electrons. The van der Waals surface area contributed by atoms with E-state index in [9.17, 15) is 4.79 Å². The molecule has 0 fully saturated rings. The highest BCUT2D eigenvalue weighted by Gasteiger charge is 2.15. The van der Waals surface area contributed by atoms with E-state index >= 15 is 0 Å². The van der Waals surface area contributed by atoms with E-state index in [4.69, 9.17) is 4.74 Å². The monoisotopic (exact) mass is 233 g/mol. The summed E-state index contributed by atoms with van der Waals surface area (Å²) in [5.74, 6) is 2.13. The highest BCUT2D eigenvalue weighted by Crippen LogP contribution is 2.06. The van der Waals surface area contributed by atoms with Crippen molar-refractivity contribution in [3.05, 3.63) is 0 Å². The van der Waals surface area contributed by atoms with Crippen LogP contribution in [-0.2, 0) is 4.74 Å². The zero-order valence-corrected chi connectivity index (χ0v) is 11.1. The van der Waals surface area contributed by atoms with Gasteiger partial charge in [0.2, 0.25) is 0 Å². The smallest absolute Gasteiger partial charge is 0.407 e. The van der Waals surface area contributed by atoms with E-state index in [1.807, 2.05) is 32.5 Å². The van der Waals surface area contributed by atoms with E-state index in [1.54, 1.807) is 0 Å². The maximum atomic E-state index is 11.2. The minimum Gasteiger partial charge on any atom is -0.444 e. The molecule has 0 unspecified atom stereocenters. The first kappa shape index (κ1) is 14.6. The standard InChI is InChI=1S/C11H23NO2S/c1-5-6-8-15-9-7-12-10(13)14-11(2,3)4/h5-9H2,1-4H3,(H,12,13). The molecule has 3 nitrogen and oxygen atoms in total. The zero-order valence-electron chi connectivity index (χ0n) is 10.3. The molecule has 1 N–H and O–H groups in total. The summed E-state index contributed by atoms with van der Waals surface area (Å²) in [5.41, 5.74) is -0.403. The van der Waals surface area contributed by atoms with Crippen molar-refractivity contribution < 1.29 is 9.53 Å². The predicted molar refractivity (Wildman–Crippen MR) is 66.5 cm³/mol. The summed E-state index contributed by atoms with van der Waals surface area (Å²) < 4.78 is 5.11. The van der Waals surface area contributed by atoms with Crippen LogP contribution in [0.3, 0.4) is 0 Å². The maximum absolute atomic E-state index is 11.2. The Kier molecular flexibility index (Phi) is 7.65. The molecule has 0 atom stereocenters. The van der Waals surface area contributed by atoms with Gasteiger partial charge in [-0.15, -0.1) is 0 Å². The number of hydrogen-bond acceptors (Lipinski definition) is 3. The molecule has 0 aliphatic rings. The Hall–Kier alpha value is -0.380. The van der Waals surface area contributed by atoms with Crippen LogP contribution in [0.2, 0.25) is 0 Å². The molecular formula is C11H23NO2S. The molecule has 1 amide bonds.